The summed E-state index contributed by atoms with van der Waals surface area (Å²) in [4.78, 5) is 7.84. The van der Waals surface area contributed by atoms with Crippen LogP contribution in [0.1, 0.15) is 20.3 Å². The second-order valence-corrected chi connectivity index (χ2v) is 4.31. The molecule has 2 aromatic rings. The summed E-state index contributed by atoms with van der Waals surface area (Å²) in [6, 6.07) is 8.43. The molecule has 1 unspecified atom stereocenters. The van der Waals surface area contributed by atoms with E-state index in [0.29, 0.717) is 6.04 Å². The summed E-state index contributed by atoms with van der Waals surface area (Å²) in [6.45, 7) is 4.21. The number of hydrogen-bond donors (Lipinski definition) is 1. The number of H-pyrrole nitrogens is 1. The number of para-hydroxylation sites is 2. The van der Waals surface area contributed by atoms with Gasteiger partial charge in [0.25, 0.3) is 0 Å². The first kappa shape index (κ1) is 9.39. The Kier molecular flexibility index (Phi) is 1.96. The number of rotatable bonds is 1. The first-order valence-corrected chi connectivity index (χ1v) is 5.52. The average Bonchev–Trinajstić information content (AvgIpc) is 2.81. The first-order valence-electron chi connectivity index (χ1n) is 5.52. The van der Waals surface area contributed by atoms with Gasteiger partial charge in [0.05, 0.1) is 17.1 Å². The third-order valence-electron chi connectivity index (χ3n) is 2.88. The van der Waals surface area contributed by atoms with Crippen molar-refractivity contribution in [2.24, 2.45) is 5.10 Å². The lowest BCUT2D eigenvalue weighted by molar-refractivity contribution is 0.706. The van der Waals surface area contributed by atoms with Gasteiger partial charge in [0.15, 0.2) is 0 Å². The average molecular weight is 214 g/mol. The Morgan fingerprint density at radius 3 is 2.88 bits per heavy atom. The van der Waals surface area contributed by atoms with Crippen LogP contribution >= 0.6 is 0 Å². The van der Waals surface area contributed by atoms with E-state index in [9.17, 15) is 0 Å². The zero-order valence-electron chi connectivity index (χ0n) is 9.44. The maximum absolute atomic E-state index is 4.54. The van der Waals surface area contributed by atoms with Crippen LogP contribution in [0, 0.1) is 0 Å². The summed E-state index contributed by atoms with van der Waals surface area (Å²) in [6.07, 6.45) is 1.01. The van der Waals surface area contributed by atoms with Crippen LogP contribution in [0.2, 0.25) is 0 Å². The summed E-state index contributed by atoms with van der Waals surface area (Å²) in [5.41, 5.74) is 3.21. The van der Waals surface area contributed by atoms with Crippen LogP contribution in [-0.4, -0.2) is 21.7 Å². The SMILES string of the molecule is CC1=NN(c2nc3ccccc3[nH]2)C(C)C1. The highest BCUT2D eigenvalue weighted by molar-refractivity contribution is 5.86. The molecule has 3 rings (SSSR count). The molecular formula is C12H14N4. The van der Waals surface area contributed by atoms with Crippen molar-refractivity contribution in [1.29, 1.82) is 0 Å². The van der Waals surface area contributed by atoms with E-state index in [1.54, 1.807) is 0 Å². The van der Waals surface area contributed by atoms with Gasteiger partial charge in [-0.15, -0.1) is 0 Å². The Morgan fingerprint density at radius 2 is 2.19 bits per heavy atom. The second kappa shape index (κ2) is 3.33. The van der Waals surface area contributed by atoms with Gasteiger partial charge in [0, 0.05) is 12.1 Å². The molecule has 4 nitrogen and oxygen atoms in total. The van der Waals surface area contributed by atoms with Crippen LogP contribution in [0.5, 0.6) is 0 Å². The van der Waals surface area contributed by atoms with E-state index in [2.05, 4.69) is 28.9 Å². The molecule has 0 aliphatic carbocycles. The predicted octanol–water partition coefficient (Wildman–Crippen LogP) is 2.54. The minimum Gasteiger partial charge on any atom is -0.323 e. The van der Waals surface area contributed by atoms with Gasteiger partial charge in [0.2, 0.25) is 5.95 Å². The van der Waals surface area contributed by atoms with E-state index < -0.39 is 0 Å². The Morgan fingerprint density at radius 1 is 1.38 bits per heavy atom. The summed E-state index contributed by atoms with van der Waals surface area (Å²) in [5.74, 6) is 0.838. The van der Waals surface area contributed by atoms with Crippen LogP contribution in [-0.2, 0) is 0 Å². The highest BCUT2D eigenvalue weighted by Gasteiger charge is 2.23. The first-order chi connectivity index (χ1) is 7.74. The highest BCUT2D eigenvalue weighted by atomic mass is 15.5. The molecule has 1 atom stereocenters. The fourth-order valence-electron chi connectivity index (χ4n) is 2.14. The van der Waals surface area contributed by atoms with E-state index >= 15 is 0 Å². The quantitative estimate of drug-likeness (QED) is 0.792. The van der Waals surface area contributed by atoms with E-state index in [1.807, 2.05) is 29.3 Å². The van der Waals surface area contributed by atoms with E-state index in [-0.39, 0.29) is 0 Å². The monoisotopic (exact) mass is 214 g/mol. The second-order valence-electron chi connectivity index (χ2n) is 4.31. The molecule has 4 heteroatoms. The maximum atomic E-state index is 4.54. The molecular weight excluding hydrogens is 200 g/mol. The number of benzene rings is 1. The number of aromatic nitrogens is 2. The Bertz CT molecular complexity index is 522. The van der Waals surface area contributed by atoms with Gasteiger partial charge in [0.1, 0.15) is 0 Å². The molecule has 1 aliphatic rings. The third kappa shape index (κ3) is 1.38. The summed E-state index contributed by atoms with van der Waals surface area (Å²) >= 11 is 0. The number of nitrogens with one attached hydrogen (secondary N) is 1. The predicted molar refractivity (Wildman–Crippen MR) is 65.8 cm³/mol. The topological polar surface area (TPSA) is 44.3 Å². The van der Waals surface area contributed by atoms with E-state index in [0.717, 1.165) is 29.1 Å². The number of fused-ring (bicyclic) bond motifs is 1. The van der Waals surface area contributed by atoms with Crippen molar-refractivity contribution >= 4 is 22.7 Å². The number of anilines is 1. The van der Waals surface area contributed by atoms with Gasteiger partial charge >= 0.3 is 0 Å². The normalized spacial score (nSPS) is 20.5. The fourth-order valence-corrected chi connectivity index (χ4v) is 2.14. The summed E-state index contributed by atoms with van der Waals surface area (Å²) < 4.78 is 0. The summed E-state index contributed by atoms with van der Waals surface area (Å²) in [5, 5.41) is 6.46. The lowest BCUT2D eigenvalue weighted by Gasteiger charge is -2.15. The standard InChI is InChI=1S/C12H14N4/c1-8-7-9(2)16(15-8)12-13-10-5-3-4-6-11(10)14-12/h3-6,9H,7H2,1-2H3,(H,13,14). The van der Waals surface area contributed by atoms with Gasteiger partial charge < -0.3 is 4.98 Å². The smallest absolute Gasteiger partial charge is 0.224 e. The lowest BCUT2D eigenvalue weighted by Crippen LogP contribution is -2.23. The Labute approximate surface area is 94.0 Å². The zero-order chi connectivity index (χ0) is 11.1. The minimum atomic E-state index is 0.389. The Balaban J connectivity index is 2.06. The fraction of sp³-hybridized carbons (Fsp3) is 0.333. The molecule has 2 heterocycles. The molecule has 0 saturated carbocycles. The number of nitrogens with zero attached hydrogens (tertiary/aromatic N) is 3. The van der Waals surface area contributed by atoms with Crippen LogP contribution in [0.25, 0.3) is 11.0 Å². The number of aromatic amines is 1. The van der Waals surface area contributed by atoms with Gasteiger partial charge in [-0.2, -0.15) is 5.10 Å². The zero-order valence-corrected chi connectivity index (χ0v) is 9.44. The highest BCUT2D eigenvalue weighted by Crippen LogP contribution is 2.23. The molecule has 1 N–H and O–H groups in total. The van der Waals surface area contributed by atoms with Crippen molar-refractivity contribution < 1.29 is 0 Å². The largest absolute Gasteiger partial charge is 0.323 e. The van der Waals surface area contributed by atoms with Gasteiger partial charge in [-0.25, -0.2) is 9.99 Å². The molecule has 1 aromatic carbocycles. The van der Waals surface area contributed by atoms with Crippen LogP contribution < -0.4 is 5.01 Å². The molecule has 0 fully saturated rings. The molecule has 0 bridgehead atoms. The summed E-state index contributed by atoms with van der Waals surface area (Å²) in [7, 11) is 0. The molecule has 16 heavy (non-hydrogen) atoms. The van der Waals surface area contributed by atoms with Crippen molar-refractivity contribution in [2.75, 3.05) is 5.01 Å². The van der Waals surface area contributed by atoms with Gasteiger partial charge in [-0.3, -0.25) is 0 Å². The molecule has 1 aliphatic heterocycles. The minimum absolute atomic E-state index is 0.389. The molecule has 0 amide bonds. The van der Waals surface area contributed by atoms with Crippen LogP contribution in [0.3, 0.4) is 0 Å². The number of hydrazone groups is 1. The third-order valence-corrected chi connectivity index (χ3v) is 2.88. The molecule has 0 radical (unpaired) electrons. The maximum Gasteiger partial charge on any atom is 0.224 e. The molecule has 82 valence electrons. The van der Waals surface area contributed by atoms with Gasteiger partial charge in [-0.1, -0.05) is 12.1 Å². The van der Waals surface area contributed by atoms with E-state index in [4.69, 9.17) is 0 Å². The lowest BCUT2D eigenvalue weighted by atomic mass is 10.2. The number of hydrogen-bond acceptors (Lipinski definition) is 3. The van der Waals surface area contributed by atoms with Crippen molar-refractivity contribution in [3.63, 3.8) is 0 Å². The van der Waals surface area contributed by atoms with Crippen molar-refractivity contribution in [3.8, 4) is 0 Å². The van der Waals surface area contributed by atoms with Crippen molar-refractivity contribution in [3.05, 3.63) is 24.3 Å². The van der Waals surface area contributed by atoms with Crippen molar-refractivity contribution in [1.82, 2.24) is 9.97 Å². The Hall–Kier alpha value is -1.84. The van der Waals surface area contributed by atoms with Crippen LogP contribution in [0.15, 0.2) is 29.4 Å². The number of imidazole rings is 1. The van der Waals surface area contributed by atoms with E-state index in [1.165, 1.54) is 0 Å². The van der Waals surface area contributed by atoms with Gasteiger partial charge in [-0.05, 0) is 26.0 Å². The van der Waals surface area contributed by atoms with Crippen molar-refractivity contribution in [2.45, 2.75) is 26.3 Å². The molecule has 0 saturated heterocycles. The van der Waals surface area contributed by atoms with Crippen LogP contribution in [0.4, 0.5) is 5.95 Å². The molecule has 0 spiro atoms. The molecule has 1 aromatic heterocycles.